The summed E-state index contributed by atoms with van der Waals surface area (Å²) in [5, 5.41) is 9.70. The van der Waals surface area contributed by atoms with Crippen LogP contribution in [0.3, 0.4) is 0 Å². The molecule has 5 nitrogen and oxygen atoms in total. The summed E-state index contributed by atoms with van der Waals surface area (Å²) < 4.78 is 0. The van der Waals surface area contributed by atoms with E-state index in [2.05, 4.69) is 0 Å². The van der Waals surface area contributed by atoms with E-state index in [9.17, 15) is 14.7 Å². The van der Waals surface area contributed by atoms with Gasteiger partial charge in [-0.3, -0.25) is 9.59 Å². The third-order valence-corrected chi connectivity index (χ3v) is 3.41. The van der Waals surface area contributed by atoms with Gasteiger partial charge in [-0.15, -0.1) is 11.8 Å². The van der Waals surface area contributed by atoms with Crippen molar-refractivity contribution >= 4 is 23.6 Å². The molecule has 1 fully saturated rings. The molecular weight excluding hydrogens is 240 g/mol. The fourth-order valence-corrected chi connectivity index (χ4v) is 2.55. The zero-order chi connectivity index (χ0) is 13.1. The maximum absolute atomic E-state index is 12.0. The summed E-state index contributed by atoms with van der Waals surface area (Å²) >= 11 is 1.52. The molecule has 1 N–H and O–H groups in total. The van der Waals surface area contributed by atoms with E-state index >= 15 is 0 Å². The molecular formula is C11H20N2O3S. The quantitative estimate of drug-likeness (QED) is 0.764. The molecule has 1 saturated heterocycles. The van der Waals surface area contributed by atoms with Gasteiger partial charge in [0.25, 0.3) is 0 Å². The van der Waals surface area contributed by atoms with Crippen LogP contribution in [0.4, 0.5) is 0 Å². The van der Waals surface area contributed by atoms with Gasteiger partial charge in [-0.2, -0.15) is 0 Å². The Morgan fingerprint density at radius 2 is 2.24 bits per heavy atom. The summed E-state index contributed by atoms with van der Waals surface area (Å²) in [4.78, 5) is 26.5. The van der Waals surface area contributed by atoms with Crippen molar-refractivity contribution in [3.8, 4) is 0 Å². The Morgan fingerprint density at radius 1 is 1.59 bits per heavy atom. The molecule has 0 aromatic rings. The van der Waals surface area contributed by atoms with E-state index in [1.165, 1.54) is 11.8 Å². The van der Waals surface area contributed by atoms with Crippen LogP contribution in [-0.2, 0) is 9.59 Å². The number of nitrogens with zero attached hydrogens (tertiary/aromatic N) is 2. The van der Waals surface area contributed by atoms with Crippen LogP contribution < -0.4 is 0 Å². The summed E-state index contributed by atoms with van der Waals surface area (Å²) in [5.74, 6) is 0.961. The van der Waals surface area contributed by atoms with Crippen LogP contribution in [-0.4, -0.2) is 63.6 Å². The van der Waals surface area contributed by atoms with Crippen LogP contribution in [0, 0.1) is 0 Å². The molecule has 0 aromatic carbocycles. The number of carbonyl (C=O) groups is 2. The molecule has 0 radical (unpaired) electrons. The number of thioether (sulfide) groups is 1. The molecule has 0 bridgehead atoms. The Bertz CT molecular complexity index is 302. The lowest BCUT2D eigenvalue weighted by molar-refractivity contribution is -0.139. The second-order valence-electron chi connectivity index (χ2n) is 4.79. The normalized spacial score (nSPS) is 16.5. The van der Waals surface area contributed by atoms with Crippen molar-refractivity contribution in [2.75, 3.05) is 31.3 Å². The standard InChI is InChI=1S/C11H20N2O3S/c1-4-12(7-11(2,3)16)9(14)5-13-8-17-6-10(13)15/h16H,4-8H2,1-3H3. The SMILES string of the molecule is CCN(CC(C)(C)O)C(=O)CN1CSCC1=O. The minimum atomic E-state index is -0.907. The molecule has 1 heterocycles. The van der Waals surface area contributed by atoms with Crippen molar-refractivity contribution in [1.82, 2.24) is 9.80 Å². The molecule has 98 valence electrons. The van der Waals surface area contributed by atoms with Gasteiger partial charge in [-0.25, -0.2) is 0 Å². The first-order valence-corrected chi connectivity index (χ1v) is 6.84. The monoisotopic (exact) mass is 260 g/mol. The highest BCUT2D eigenvalue weighted by atomic mass is 32.2. The van der Waals surface area contributed by atoms with Crippen LogP contribution >= 0.6 is 11.8 Å². The van der Waals surface area contributed by atoms with Gasteiger partial charge >= 0.3 is 0 Å². The fourth-order valence-electron chi connectivity index (χ4n) is 1.65. The van der Waals surface area contributed by atoms with Crippen LogP contribution in [0.15, 0.2) is 0 Å². The van der Waals surface area contributed by atoms with Crippen LogP contribution in [0.25, 0.3) is 0 Å². The number of rotatable bonds is 5. The highest BCUT2D eigenvalue weighted by Crippen LogP contribution is 2.15. The number of likely N-dealkylation sites (N-methyl/N-ethyl adjacent to an activating group) is 1. The summed E-state index contributed by atoms with van der Waals surface area (Å²) in [6, 6.07) is 0. The lowest BCUT2D eigenvalue weighted by Gasteiger charge is -2.29. The first kappa shape index (κ1) is 14.3. The fraction of sp³-hybridized carbons (Fsp3) is 0.818. The molecule has 0 aromatic heterocycles. The maximum Gasteiger partial charge on any atom is 0.242 e. The lowest BCUT2D eigenvalue weighted by atomic mass is 10.1. The zero-order valence-corrected chi connectivity index (χ0v) is 11.4. The first-order valence-electron chi connectivity index (χ1n) is 5.69. The van der Waals surface area contributed by atoms with Gasteiger partial charge in [0.15, 0.2) is 0 Å². The predicted octanol–water partition coefficient (Wildman–Crippen LogP) is 0.139. The molecule has 1 rings (SSSR count). The van der Waals surface area contributed by atoms with Gasteiger partial charge in [0.05, 0.1) is 17.2 Å². The molecule has 0 unspecified atom stereocenters. The highest BCUT2D eigenvalue weighted by Gasteiger charge is 2.27. The van der Waals surface area contributed by atoms with E-state index in [0.717, 1.165) is 0 Å². The van der Waals surface area contributed by atoms with Gasteiger partial charge in [-0.1, -0.05) is 0 Å². The summed E-state index contributed by atoms with van der Waals surface area (Å²) in [7, 11) is 0. The largest absolute Gasteiger partial charge is 0.389 e. The van der Waals surface area contributed by atoms with E-state index < -0.39 is 5.60 Å². The van der Waals surface area contributed by atoms with Gasteiger partial charge in [0, 0.05) is 13.1 Å². The second-order valence-corrected chi connectivity index (χ2v) is 5.74. The lowest BCUT2D eigenvalue weighted by Crippen LogP contribution is -2.46. The van der Waals surface area contributed by atoms with Crippen molar-refractivity contribution in [1.29, 1.82) is 0 Å². The van der Waals surface area contributed by atoms with E-state index in [4.69, 9.17) is 0 Å². The number of amides is 2. The minimum absolute atomic E-state index is 0.0164. The number of aliphatic hydroxyl groups is 1. The van der Waals surface area contributed by atoms with Crippen LogP contribution in [0.1, 0.15) is 20.8 Å². The highest BCUT2D eigenvalue weighted by molar-refractivity contribution is 8.00. The Balaban J connectivity index is 2.52. The smallest absolute Gasteiger partial charge is 0.242 e. The third kappa shape index (κ3) is 4.55. The van der Waals surface area contributed by atoms with Gasteiger partial charge in [0.2, 0.25) is 11.8 Å². The molecule has 17 heavy (non-hydrogen) atoms. The molecule has 6 heteroatoms. The Labute approximate surface area is 106 Å². The van der Waals surface area contributed by atoms with Crippen molar-refractivity contribution < 1.29 is 14.7 Å². The molecule has 0 spiro atoms. The average Bonchev–Trinajstić information content (AvgIpc) is 2.59. The van der Waals surface area contributed by atoms with E-state index in [0.29, 0.717) is 18.2 Å². The molecule has 0 saturated carbocycles. The zero-order valence-electron chi connectivity index (χ0n) is 10.6. The van der Waals surface area contributed by atoms with Crippen LogP contribution in [0.5, 0.6) is 0 Å². The third-order valence-electron chi connectivity index (χ3n) is 2.46. The van der Waals surface area contributed by atoms with Crippen molar-refractivity contribution in [2.24, 2.45) is 0 Å². The number of hydrogen-bond donors (Lipinski definition) is 1. The van der Waals surface area contributed by atoms with Gasteiger partial charge in [-0.05, 0) is 20.8 Å². The Hall–Kier alpha value is -0.750. The summed E-state index contributed by atoms with van der Waals surface area (Å²) in [6.45, 7) is 6.15. The second kappa shape index (κ2) is 5.73. The van der Waals surface area contributed by atoms with E-state index in [1.807, 2.05) is 6.92 Å². The number of carbonyl (C=O) groups excluding carboxylic acids is 2. The van der Waals surface area contributed by atoms with Crippen LogP contribution in [0.2, 0.25) is 0 Å². The molecule has 1 aliphatic rings. The van der Waals surface area contributed by atoms with E-state index in [1.54, 1.807) is 23.6 Å². The van der Waals surface area contributed by atoms with Gasteiger partial charge < -0.3 is 14.9 Å². The molecule has 0 aliphatic carbocycles. The average molecular weight is 260 g/mol. The summed E-state index contributed by atoms with van der Waals surface area (Å²) in [5.41, 5.74) is -0.907. The first-order chi connectivity index (χ1) is 7.83. The Morgan fingerprint density at radius 3 is 2.65 bits per heavy atom. The Kier molecular flexibility index (Phi) is 4.82. The molecule has 1 aliphatic heterocycles. The van der Waals surface area contributed by atoms with E-state index in [-0.39, 0.29) is 24.9 Å². The molecule has 2 amide bonds. The van der Waals surface area contributed by atoms with Gasteiger partial charge in [0.1, 0.15) is 6.54 Å². The summed E-state index contributed by atoms with van der Waals surface area (Å²) in [6.07, 6.45) is 0. The maximum atomic E-state index is 12.0. The van der Waals surface area contributed by atoms with Crippen molar-refractivity contribution in [3.05, 3.63) is 0 Å². The topological polar surface area (TPSA) is 60.9 Å². The molecule has 0 atom stereocenters. The van der Waals surface area contributed by atoms with Crippen molar-refractivity contribution in [3.63, 3.8) is 0 Å². The minimum Gasteiger partial charge on any atom is -0.389 e. The van der Waals surface area contributed by atoms with Crippen molar-refractivity contribution in [2.45, 2.75) is 26.4 Å². The number of hydrogen-bond acceptors (Lipinski definition) is 4. The predicted molar refractivity (Wildman–Crippen MR) is 67.6 cm³/mol.